The van der Waals surface area contributed by atoms with E-state index in [9.17, 15) is 9.59 Å². The van der Waals surface area contributed by atoms with Crippen molar-refractivity contribution in [3.63, 3.8) is 0 Å². The zero-order valence-corrected chi connectivity index (χ0v) is 12.0. The molecule has 1 aromatic heterocycles. The van der Waals surface area contributed by atoms with E-state index in [4.69, 9.17) is 9.84 Å². The first-order valence-electron chi connectivity index (χ1n) is 6.78. The second-order valence-electron chi connectivity index (χ2n) is 4.54. The molecule has 0 spiro atoms. The van der Waals surface area contributed by atoms with Crippen LogP contribution in [-0.4, -0.2) is 48.4 Å². The van der Waals surface area contributed by atoms with Crippen molar-refractivity contribution in [2.24, 2.45) is 0 Å². The number of nitrogens with one attached hydrogen (secondary N) is 2. The number of hydrogen-bond donors (Lipinski definition) is 3. The van der Waals surface area contributed by atoms with Crippen LogP contribution >= 0.6 is 0 Å². The number of aromatic nitrogens is 1. The van der Waals surface area contributed by atoms with Crippen LogP contribution in [0, 0.1) is 0 Å². The molecule has 3 N–H and O–H groups in total. The Morgan fingerprint density at radius 2 is 2.29 bits per heavy atom. The largest absolute Gasteiger partial charge is 0.480 e. The summed E-state index contributed by atoms with van der Waals surface area (Å²) in [7, 11) is 1.55. The van der Waals surface area contributed by atoms with E-state index in [1.807, 2.05) is 12.1 Å². The number of nitrogens with zero attached hydrogens (tertiary/aromatic N) is 1. The molecule has 1 unspecified atom stereocenters. The van der Waals surface area contributed by atoms with Gasteiger partial charge < -0.3 is 20.5 Å². The van der Waals surface area contributed by atoms with Crippen molar-refractivity contribution in [2.45, 2.75) is 25.3 Å². The topological polar surface area (TPSA) is 101 Å². The molecule has 0 aliphatic heterocycles. The fourth-order valence-corrected chi connectivity index (χ4v) is 1.76. The van der Waals surface area contributed by atoms with Gasteiger partial charge in [-0.2, -0.15) is 0 Å². The van der Waals surface area contributed by atoms with Crippen LogP contribution in [0.5, 0.6) is 0 Å². The monoisotopic (exact) mass is 295 g/mol. The predicted octanol–water partition coefficient (Wildman–Crippen LogP) is 0.803. The predicted molar refractivity (Wildman–Crippen MR) is 77.0 cm³/mol. The van der Waals surface area contributed by atoms with E-state index in [0.29, 0.717) is 32.4 Å². The summed E-state index contributed by atoms with van der Waals surface area (Å²) >= 11 is 0. The lowest BCUT2D eigenvalue weighted by Gasteiger charge is -2.15. The standard InChI is InChI=1S/C14H21N3O4/c1-21-9-3-5-12(13(18)19)17-14(20)16-8-6-11-4-2-7-15-10-11/h2,4,7,10,12H,3,5-6,8-9H2,1H3,(H,18,19)(H2,16,17,20). The number of hydrogen-bond acceptors (Lipinski definition) is 4. The highest BCUT2D eigenvalue weighted by atomic mass is 16.5. The SMILES string of the molecule is COCCCC(NC(=O)NCCc1cccnc1)C(=O)O. The summed E-state index contributed by atoms with van der Waals surface area (Å²) in [5.41, 5.74) is 1.01. The van der Waals surface area contributed by atoms with E-state index in [-0.39, 0.29) is 0 Å². The van der Waals surface area contributed by atoms with Crippen LogP contribution in [0.15, 0.2) is 24.5 Å². The van der Waals surface area contributed by atoms with Gasteiger partial charge in [-0.05, 0) is 30.9 Å². The Kier molecular flexibility index (Phi) is 7.81. The van der Waals surface area contributed by atoms with Crippen molar-refractivity contribution in [3.8, 4) is 0 Å². The Morgan fingerprint density at radius 3 is 2.90 bits per heavy atom. The van der Waals surface area contributed by atoms with Crippen LogP contribution in [0.1, 0.15) is 18.4 Å². The number of ether oxygens (including phenoxy) is 1. The summed E-state index contributed by atoms with van der Waals surface area (Å²) in [5.74, 6) is -1.05. The molecule has 2 amide bonds. The normalized spacial score (nSPS) is 11.7. The number of carboxylic acids is 1. The molecule has 0 bridgehead atoms. The Hall–Kier alpha value is -2.15. The van der Waals surface area contributed by atoms with E-state index < -0.39 is 18.0 Å². The van der Waals surface area contributed by atoms with Gasteiger partial charge in [-0.3, -0.25) is 4.98 Å². The Morgan fingerprint density at radius 1 is 1.48 bits per heavy atom. The third-order valence-corrected chi connectivity index (χ3v) is 2.87. The van der Waals surface area contributed by atoms with Gasteiger partial charge in [0.1, 0.15) is 6.04 Å². The molecular formula is C14H21N3O4. The summed E-state index contributed by atoms with van der Waals surface area (Å²) in [4.78, 5) is 26.7. The first-order chi connectivity index (χ1) is 10.1. The Balaban J connectivity index is 2.28. The molecule has 1 heterocycles. The third-order valence-electron chi connectivity index (χ3n) is 2.87. The molecule has 7 nitrogen and oxygen atoms in total. The van der Waals surface area contributed by atoms with Crippen LogP contribution in [-0.2, 0) is 16.0 Å². The zero-order valence-electron chi connectivity index (χ0n) is 12.0. The maximum Gasteiger partial charge on any atom is 0.326 e. The third kappa shape index (κ3) is 7.26. The lowest BCUT2D eigenvalue weighted by Crippen LogP contribution is -2.46. The summed E-state index contributed by atoms with van der Waals surface area (Å²) in [6.45, 7) is 0.885. The fourth-order valence-electron chi connectivity index (χ4n) is 1.76. The molecule has 0 aliphatic carbocycles. The molecule has 1 rings (SSSR count). The lowest BCUT2D eigenvalue weighted by molar-refractivity contribution is -0.139. The molecule has 1 aromatic rings. The Bertz CT molecular complexity index is 439. The van der Waals surface area contributed by atoms with Crippen molar-refractivity contribution < 1.29 is 19.4 Å². The van der Waals surface area contributed by atoms with Crippen molar-refractivity contribution in [2.75, 3.05) is 20.3 Å². The maximum absolute atomic E-state index is 11.6. The summed E-state index contributed by atoms with van der Waals surface area (Å²) < 4.78 is 4.86. The fraction of sp³-hybridized carbons (Fsp3) is 0.500. The van der Waals surface area contributed by atoms with Crippen LogP contribution < -0.4 is 10.6 Å². The molecule has 0 saturated heterocycles. The number of amides is 2. The Labute approximate surface area is 123 Å². The minimum atomic E-state index is -1.05. The molecule has 1 atom stereocenters. The van der Waals surface area contributed by atoms with Gasteiger partial charge in [-0.25, -0.2) is 9.59 Å². The maximum atomic E-state index is 11.6. The molecular weight excluding hydrogens is 274 g/mol. The highest BCUT2D eigenvalue weighted by Crippen LogP contribution is 1.99. The molecule has 0 radical (unpaired) electrons. The minimum Gasteiger partial charge on any atom is -0.480 e. The molecule has 0 saturated carbocycles. The van der Waals surface area contributed by atoms with Gasteiger partial charge in [0.2, 0.25) is 0 Å². The smallest absolute Gasteiger partial charge is 0.326 e. The number of urea groups is 1. The highest BCUT2D eigenvalue weighted by molar-refractivity contribution is 5.82. The van der Waals surface area contributed by atoms with Gasteiger partial charge in [0.15, 0.2) is 0 Å². The molecule has 0 fully saturated rings. The van der Waals surface area contributed by atoms with Crippen molar-refractivity contribution in [3.05, 3.63) is 30.1 Å². The van der Waals surface area contributed by atoms with E-state index >= 15 is 0 Å². The second kappa shape index (κ2) is 9.71. The quantitative estimate of drug-likeness (QED) is 0.585. The van der Waals surface area contributed by atoms with E-state index in [1.54, 1.807) is 19.5 Å². The first kappa shape index (κ1) is 16.9. The average molecular weight is 295 g/mol. The van der Waals surface area contributed by atoms with Gasteiger partial charge >= 0.3 is 12.0 Å². The summed E-state index contributed by atoms with van der Waals surface area (Å²) in [6, 6.07) is 2.35. The van der Waals surface area contributed by atoms with Crippen molar-refractivity contribution >= 4 is 12.0 Å². The van der Waals surface area contributed by atoms with E-state index in [2.05, 4.69) is 15.6 Å². The summed E-state index contributed by atoms with van der Waals surface area (Å²) in [6.07, 6.45) is 4.96. The number of aliphatic carboxylic acids is 1. The van der Waals surface area contributed by atoms with Gasteiger partial charge in [-0.1, -0.05) is 6.07 Å². The number of carbonyl (C=O) groups excluding carboxylic acids is 1. The van der Waals surface area contributed by atoms with Gasteiger partial charge in [0.05, 0.1) is 0 Å². The molecule has 0 aromatic carbocycles. The highest BCUT2D eigenvalue weighted by Gasteiger charge is 2.18. The van der Waals surface area contributed by atoms with Crippen molar-refractivity contribution in [1.82, 2.24) is 15.6 Å². The van der Waals surface area contributed by atoms with Gasteiger partial charge in [0.25, 0.3) is 0 Å². The van der Waals surface area contributed by atoms with Crippen LogP contribution in [0.2, 0.25) is 0 Å². The van der Waals surface area contributed by atoms with E-state index in [1.165, 1.54) is 0 Å². The number of pyridine rings is 1. The summed E-state index contributed by atoms with van der Waals surface area (Å²) in [5, 5.41) is 14.1. The molecule has 116 valence electrons. The average Bonchev–Trinajstić information content (AvgIpc) is 2.47. The van der Waals surface area contributed by atoms with Crippen LogP contribution in [0.3, 0.4) is 0 Å². The number of carbonyl (C=O) groups is 2. The number of rotatable bonds is 9. The number of methoxy groups -OCH3 is 1. The first-order valence-corrected chi connectivity index (χ1v) is 6.78. The molecule has 21 heavy (non-hydrogen) atoms. The van der Waals surface area contributed by atoms with Crippen LogP contribution in [0.4, 0.5) is 4.79 Å². The number of carboxylic acid groups (broad SMARTS) is 1. The molecule has 7 heteroatoms. The second-order valence-corrected chi connectivity index (χ2v) is 4.54. The zero-order chi connectivity index (χ0) is 15.5. The lowest BCUT2D eigenvalue weighted by atomic mass is 10.1. The van der Waals surface area contributed by atoms with Crippen molar-refractivity contribution in [1.29, 1.82) is 0 Å². The van der Waals surface area contributed by atoms with Gasteiger partial charge in [0, 0.05) is 32.7 Å². The van der Waals surface area contributed by atoms with Crippen LogP contribution in [0.25, 0.3) is 0 Å². The van der Waals surface area contributed by atoms with E-state index in [0.717, 1.165) is 5.56 Å². The van der Waals surface area contributed by atoms with Gasteiger partial charge in [-0.15, -0.1) is 0 Å². The molecule has 0 aliphatic rings. The minimum absolute atomic E-state index is 0.333.